The van der Waals surface area contributed by atoms with Gasteiger partial charge in [-0.2, -0.15) is 0 Å². The van der Waals surface area contributed by atoms with Gasteiger partial charge in [-0.25, -0.2) is 0 Å². The number of nitrogens with zero attached hydrogens (tertiary/aromatic N) is 2. The first-order chi connectivity index (χ1) is 5.37. The van der Waals surface area contributed by atoms with E-state index in [1.54, 1.807) is 13.8 Å². The highest BCUT2D eigenvalue weighted by atomic mass is 16.4. The molecule has 0 unspecified atom stereocenters. The van der Waals surface area contributed by atoms with Crippen molar-refractivity contribution >= 4 is 11.4 Å². The van der Waals surface area contributed by atoms with Gasteiger partial charge in [-0.3, -0.25) is 4.99 Å². The first-order valence-corrected chi connectivity index (χ1v) is 3.86. The molecule has 0 aliphatic carbocycles. The summed E-state index contributed by atoms with van der Waals surface area (Å²) in [6.07, 6.45) is 0. The second-order valence-electron chi connectivity index (χ2n) is 3.58. The maximum absolute atomic E-state index is 8.41. The number of hydrogen-bond acceptors (Lipinski definition) is 4. The Morgan fingerprint density at radius 2 is 1.83 bits per heavy atom. The first kappa shape index (κ1) is 11.1. The molecule has 0 amide bonds. The zero-order valence-corrected chi connectivity index (χ0v) is 8.13. The largest absolute Gasteiger partial charge is 0.411 e. The lowest BCUT2D eigenvalue weighted by molar-refractivity contribution is 0.320. The first-order valence-electron chi connectivity index (χ1n) is 3.86. The smallest absolute Gasteiger partial charge is 0.0971 e. The summed E-state index contributed by atoms with van der Waals surface area (Å²) in [5, 5.41) is 11.4. The fourth-order valence-electron chi connectivity index (χ4n) is 0.509. The number of aliphatic imine (C=N–C) groups is 1. The number of hydrogen-bond donors (Lipinski definition) is 2. The van der Waals surface area contributed by atoms with Crippen molar-refractivity contribution in [1.82, 2.24) is 0 Å². The van der Waals surface area contributed by atoms with Crippen molar-refractivity contribution in [3.8, 4) is 0 Å². The minimum atomic E-state index is -0.309. The minimum absolute atomic E-state index is 0.309. The molecular formula is C8H17N3O. The molecule has 0 saturated heterocycles. The fourth-order valence-corrected chi connectivity index (χ4v) is 0.509. The molecule has 4 nitrogen and oxygen atoms in total. The Labute approximate surface area is 73.2 Å². The average molecular weight is 171 g/mol. The van der Waals surface area contributed by atoms with Gasteiger partial charge < -0.3 is 10.9 Å². The molecule has 0 aliphatic heterocycles. The SMILES string of the molecule is CC(=NO)C(C)=NCC(C)(C)N. The molecule has 0 aromatic heterocycles. The van der Waals surface area contributed by atoms with Crippen LogP contribution in [0.25, 0.3) is 0 Å². The van der Waals surface area contributed by atoms with E-state index >= 15 is 0 Å². The maximum Gasteiger partial charge on any atom is 0.0971 e. The van der Waals surface area contributed by atoms with Crippen molar-refractivity contribution in [3.05, 3.63) is 0 Å². The van der Waals surface area contributed by atoms with Crippen molar-refractivity contribution in [2.24, 2.45) is 15.9 Å². The number of oxime groups is 1. The van der Waals surface area contributed by atoms with Crippen LogP contribution in [0.1, 0.15) is 27.7 Å². The van der Waals surface area contributed by atoms with Crippen LogP contribution in [0.5, 0.6) is 0 Å². The number of nitrogens with two attached hydrogens (primary N) is 1. The predicted octanol–water partition coefficient (Wildman–Crippen LogP) is 1.03. The summed E-state index contributed by atoms with van der Waals surface area (Å²) in [5.41, 5.74) is 6.65. The van der Waals surface area contributed by atoms with E-state index in [0.717, 1.165) is 5.71 Å². The van der Waals surface area contributed by atoms with E-state index in [4.69, 9.17) is 10.9 Å². The highest BCUT2D eigenvalue weighted by Crippen LogP contribution is 1.97. The molecule has 0 spiro atoms. The van der Waals surface area contributed by atoms with Crippen LogP contribution in [0.2, 0.25) is 0 Å². The quantitative estimate of drug-likeness (QED) is 0.378. The topological polar surface area (TPSA) is 71.0 Å². The molecule has 0 aromatic rings. The lowest BCUT2D eigenvalue weighted by Gasteiger charge is -2.15. The molecular weight excluding hydrogens is 154 g/mol. The van der Waals surface area contributed by atoms with E-state index in [-0.39, 0.29) is 5.54 Å². The molecule has 0 rings (SSSR count). The summed E-state index contributed by atoms with van der Waals surface area (Å²) in [7, 11) is 0. The van der Waals surface area contributed by atoms with Crippen LogP contribution in [0.4, 0.5) is 0 Å². The van der Waals surface area contributed by atoms with Crippen LogP contribution >= 0.6 is 0 Å². The molecule has 0 fully saturated rings. The van der Waals surface area contributed by atoms with Crippen molar-refractivity contribution in [2.75, 3.05) is 6.54 Å². The standard InChI is InChI=1S/C8H17N3O/c1-6(7(2)11-12)10-5-8(3,4)9/h12H,5,9H2,1-4H3. The Bertz CT molecular complexity index is 201. The zero-order chi connectivity index (χ0) is 9.78. The van der Waals surface area contributed by atoms with E-state index in [9.17, 15) is 0 Å². The maximum atomic E-state index is 8.41. The Balaban J connectivity index is 4.20. The van der Waals surface area contributed by atoms with Crippen molar-refractivity contribution in [3.63, 3.8) is 0 Å². The average Bonchev–Trinajstić information content (AvgIpc) is 1.97. The lowest BCUT2D eigenvalue weighted by Crippen LogP contribution is -2.35. The summed E-state index contributed by atoms with van der Waals surface area (Å²) in [6.45, 7) is 7.82. The Morgan fingerprint density at radius 1 is 1.33 bits per heavy atom. The molecule has 3 N–H and O–H groups in total. The molecule has 0 saturated carbocycles. The third kappa shape index (κ3) is 4.85. The van der Waals surface area contributed by atoms with E-state index in [1.165, 1.54) is 0 Å². The Kier molecular flexibility index (Phi) is 3.89. The van der Waals surface area contributed by atoms with Gasteiger partial charge in [-0.1, -0.05) is 5.16 Å². The Hall–Kier alpha value is -0.900. The molecule has 0 heterocycles. The van der Waals surface area contributed by atoms with Crippen LogP contribution < -0.4 is 5.73 Å². The monoisotopic (exact) mass is 171 g/mol. The predicted molar refractivity (Wildman–Crippen MR) is 51.1 cm³/mol. The molecule has 0 radical (unpaired) electrons. The molecule has 0 aliphatic rings. The summed E-state index contributed by atoms with van der Waals surface area (Å²) in [5.74, 6) is 0. The van der Waals surface area contributed by atoms with Gasteiger partial charge >= 0.3 is 0 Å². The van der Waals surface area contributed by atoms with Gasteiger partial charge in [0.25, 0.3) is 0 Å². The van der Waals surface area contributed by atoms with Crippen LogP contribution in [0.15, 0.2) is 10.1 Å². The third-order valence-corrected chi connectivity index (χ3v) is 1.40. The zero-order valence-electron chi connectivity index (χ0n) is 8.13. The molecule has 70 valence electrons. The van der Waals surface area contributed by atoms with Crippen molar-refractivity contribution in [2.45, 2.75) is 33.2 Å². The fraction of sp³-hybridized carbons (Fsp3) is 0.750. The minimum Gasteiger partial charge on any atom is -0.411 e. The molecule has 4 heteroatoms. The molecule has 0 atom stereocenters. The lowest BCUT2D eigenvalue weighted by atomic mass is 10.1. The molecule has 0 bridgehead atoms. The molecule has 0 aromatic carbocycles. The summed E-state index contributed by atoms with van der Waals surface area (Å²) in [6, 6.07) is 0. The van der Waals surface area contributed by atoms with Crippen LogP contribution in [-0.2, 0) is 0 Å². The van der Waals surface area contributed by atoms with Crippen LogP contribution in [-0.4, -0.2) is 28.7 Å². The summed E-state index contributed by atoms with van der Waals surface area (Å²) in [4.78, 5) is 4.17. The van der Waals surface area contributed by atoms with Gasteiger partial charge in [-0.05, 0) is 27.7 Å². The van der Waals surface area contributed by atoms with Crippen LogP contribution in [0, 0.1) is 0 Å². The van der Waals surface area contributed by atoms with E-state index in [1.807, 2.05) is 13.8 Å². The second-order valence-corrected chi connectivity index (χ2v) is 3.58. The Morgan fingerprint density at radius 3 is 2.17 bits per heavy atom. The number of rotatable bonds is 3. The summed E-state index contributed by atoms with van der Waals surface area (Å²) >= 11 is 0. The highest BCUT2D eigenvalue weighted by molar-refractivity contribution is 6.40. The van der Waals surface area contributed by atoms with E-state index in [0.29, 0.717) is 12.3 Å². The van der Waals surface area contributed by atoms with E-state index < -0.39 is 0 Å². The van der Waals surface area contributed by atoms with Gasteiger partial charge in [0.2, 0.25) is 0 Å². The van der Waals surface area contributed by atoms with Crippen molar-refractivity contribution < 1.29 is 5.21 Å². The highest BCUT2D eigenvalue weighted by Gasteiger charge is 2.09. The van der Waals surface area contributed by atoms with Gasteiger partial charge in [0.05, 0.1) is 18.0 Å². The molecule has 12 heavy (non-hydrogen) atoms. The van der Waals surface area contributed by atoms with Gasteiger partial charge in [0.1, 0.15) is 0 Å². The third-order valence-electron chi connectivity index (χ3n) is 1.40. The van der Waals surface area contributed by atoms with Crippen LogP contribution in [0.3, 0.4) is 0 Å². The van der Waals surface area contributed by atoms with Crippen molar-refractivity contribution in [1.29, 1.82) is 0 Å². The normalized spacial score (nSPS) is 15.1. The van der Waals surface area contributed by atoms with E-state index in [2.05, 4.69) is 10.1 Å². The van der Waals surface area contributed by atoms with Gasteiger partial charge in [0, 0.05) is 5.54 Å². The second kappa shape index (κ2) is 4.21. The van der Waals surface area contributed by atoms with Gasteiger partial charge in [0.15, 0.2) is 0 Å². The van der Waals surface area contributed by atoms with Gasteiger partial charge in [-0.15, -0.1) is 0 Å². The summed E-state index contributed by atoms with van der Waals surface area (Å²) < 4.78 is 0.